The van der Waals surface area contributed by atoms with Crippen LogP contribution in [0.3, 0.4) is 0 Å². The Labute approximate surface area is 136 Å². The lowest BCUT2D eigenvalue weighted by molar-refractivity contribution is -0.111. The Kier molecular flexibility index (Phi) is 4.11. The highest BCUT2D eigenvalue weighted by Crippen LogP contribution is 2.31. The SMILES string of the molecule is CCN(CC)c1ccc(C2=CC(=O)C(=O)c3ccccc32)cc1. The Bertz CT molecular complexity index is 784. The Morgan fingerprint density at radius 3 is 2.04 bits per heavy atom. The summed E-state index contributed by atoms with van der Waals surface area (Å²) in [5.74, 6) is -0.879. The van der Waals surface area contributed by atoms with E-state index in [0.29, 0.717) is 5.56 Å². The molecule has 23 heavy (non-hydrogen) atoms. The third-order valence-corrected chi connectivity index (χ3v) is 4.27. The summed E-state index contributed by atoms with van der Waals surface area (Å²) < 4.78 is 0. The monoisotopic (exact) mass is 305 g/mol. The molecule has 0 heterocycles. The first-order valence-corrected chi connectivity index (χ1v) is 7.90. The molecule has 0 atom stereocenters. The summed E-state index contributed by atoms with van der Waals surface area (Å²) in [7, 11) is 0. The van der Waals surface area contributed by atoms with Gasteiger partial charge in [-0.1, -0.05) is 36.4 Å². The van der Waals surface area contributed by atoms with Crippen LogP contribution in [0.5, 0.6) is 0 Å². The van der Waals surface area contributed by atoms with Gasteiger partial charge in [-0.3, -0.25) is 9.59 Å². The summed E-state index contributed by atoms with van der Waals surface area (Å²) in [6.45, 7) is 6.16. The van der Waals surface area contributed by atoms with Gasteiger partial charge < -0.3 is 4.90 Å². The van der Waals surface area contributed by atoms with Gasteiger partial charge in [0.25, 0.3) is 0 Å². The molecule has 0 aliphatic heterocycles. The molecule has 0 amide bonds. The third kappa shape index (κ3) is 2.70. The number of Topliss-reactive ketones (excluding diaryl/α,β-unsaturated/α-hetero) is 1. The smallest absolute Gasteiger partial charge is 0.233 e. The van der Waals surface area contributed by atoms with Crippen molar-refractivity contribution in [1.29, 1.82) is 0 Å². The van der Waals surface area contributed by atoms with Gasteiger partial charge in [0.05, 0.1) is 0 Å². The third-order valence-electron chi connectivity index (χ3n) is 4.27. The zero-order chi connectivity index (χ0) is 16.4. The second-order valence-electron chi connectivity index (χ2n) is 5.52. The fourth-order valence-corrected chi connectivity index (χ4v) is 3.00. The largest absolute Gasteiger partial charge is 0.372 e. The van der Waals surface area contributed by atoms with Crippen LogP contribution < -0.4 is 4.90 Å². The van der Waals surface area contributed by atoms with Crippen molar-refractivity contribution < 1.29 is 9.59 Å². The van der Waals surface area contributed by atoms with Gasteiger partial charge in [0.1, 0.15) is 0 Å². The Hall–Kier alpha value is -2.68. The maximum absolute atomic E-state index is 12.0. The van der Waals surface area contributed by atoms with Crippen LogP contribution in [0.1, 0.15) is 35.3 Å². The van der Waals surface area contributed by atoms with Gasteiger partial charge in [-0.05, 0) is 48.8 Å². The minimum Gasteiger partial charge on any atom is -0.372 e. The molecule has 0 aromatic heterocycles. The van der Waals surface area contributed by atoms with Crippen LogP contribution in [0.15, 0.2) is 54.6 Å². The van der Waals surface area contributed by atoms with Gasteiger partial charge in [-0.2, -0.15) is 0 Å². The second kappa shape index (κ2) is 6.21. The molecule has 1 aliphatic carbocycles. The lowest BCUT2D eigenvalue weighted by atomic mass is 9.86. The molecule has 3 rings (SSSR count). The van der Waals surface area contributed by atoms with Gasteiger partial charge in [0.15, 0.2) is 0 Å². The van der Waals surface area contributed by atoms with E-state index in [2.05, 4.69) is 30.9 Å². The number of benzene rings is 2. The predicted octanol–water partition coefficient (Wildman–Crippen LogP) is 3.73. The average molecular weight is 305 g/mol. The molecule has 0 unspecified atom stereocenters. The molecule has 0 spiro atoms. The number of nitrogens with zero attached hydrogens (tertiary/aromatic N) is 1. The van der Waals surface area contributed by atoms with Gasteiger partial charge in [0, 0.05) is 24.3 Å². The molecule has 2 aromatic rings. The van der Waals surface area contributed by atoms with Crippen LogP contribution in [0.2, 0.25) is 0 Å². The van der Waals surface area contributed by atoms with E-state index in [1.54, 1.807) is 12.1 Å². The maximum atomic E-state index is 12.0. The maximum Gasteiger partial charge on any atom is 0.233 e. The fourth-order valence-electron chi connectivity index (χ4n) is 3.00. The molecule has 0 fully saturated rings. The van der Waals surface area contributed by atoms with E-state index in [-0.39, 0.29) is 0 Å². The molecule has 3 nitrogen and oxygen atoms in total. The number of carbonyl (C=O) groups is 2. The zero-order valence-corrected chi connectivity index (χ0v) is 13.4. The number of ketones is 2. The fraction of sp³-hybridized carbons (Fsp3) is 0.200. The first-order valence-electron chi connectivity index (χ1n) is 7.90. The van der Waals surface area contributed by atoms with Crippen LogP contribution in [-0.2, 0) is 4.79 Å². The highest BCUT2D eigenvalue weighted by Gasteiger charge is 2.25. The standard InChI is InChI=1S/C20H19NO2/c1-3-21(4-2)15-11-9-14(10-12-15)18-13-19(22)20(23)17-8-6-5-7-16(17)18/h5-13H,3-4H2,1-2H3. The van der Waals surface area contributed by atoms with Gasteiger partial charge in [-0.25, -0.2) is 0 Å². The molecule has 3 heteroatoms. The average Bonchev–Trinajstić information content (AvgIpc) is 2.60. The number of hydrogen-bond acceptors (Lipinski definition) is 3. The summed E-state index contributed by atoms with van der Waals surface area (Å²) >= 11 is 0. The summed E-state index contributed by atoms with van der Waals surface area (Å²) in [6, 6.07) is 15.4. The van der Waals surface area contributed by atoms with E-state index in [0.717, 1.165) is 35.5 Å². The highest BCUT2D eigenvalue weighted by molar-refractivity contribution is 6.51. The van der Waals surface area contributed by atoms with E-state index in [4.69, 9.17) is 0 Å². The molecule has 116 valence electrons. The predicted molar refractivity (Wildman–Crippen MR) is 92.9 cm³/mol. The molecule has 0 saturated carbocycles. The lowest BCUT2D eigenvalue weighted by Gasteiger charge is -2.22. The first-order chi connectivity index (χ1) is 11.2. The van der Waals surface area contributed by atoms with E-state index >= 15 is 0 Å². The quantitative estimate of drug-likeness (QED) is 0.808. The Morgan fingerprint density at radius 2 is 1.43 bits per heavy atom. The molecule has 0 N–H and O–H groups in total. The summed E-state index contributed by atoms with van der Waals surface area (Å²) in [5, 5.41) is 0. The van der Waals surface area contributed by atoms with Crippen molar-refractivity contribution in [2.45, 2.75) is 13.8 Å². The van der Waals surface area contributed by atoms with Crippen LogP contribution in [0.25, 0.3) is 5.57 Å². The number of allylic oxidation sites excluding steroid dienone is 1. The minimum absolute atomic E-state index is 0.427. The Balaban J connectivity index is 2.03. The van der Waals surface area contributed by atoms with Crippen LogP contribution in [0.4, 0.5) is 5.69 Å². The molecule has 0 radical (unpaired) electrons. The normalized spacial score (nSPS) is 13.6. The van der Waals surface area contributed by atoms with Crippen molar-refractivity contribution in [1.82, 2.24) is 0 Å². The van der Waals surface area contributed by atoms with E-state index in [1.807, 2.05) is 24.3 Å². The highest BCUT2D eigenvalue weighted by atomic mass is 16.2. The molecular formula is C20H19NO2. The van der Waals surface area contributed by atoms with Crippen molar-refractivity contribution in [3.8, 4) is 0 Å². The summed E-state index contributed by atoms with van der Waals surface area (Å²) in [4.78, 5) is 26.3. The molecule has 0 saturated heterocycles. The number of carbonyl (C=O) groups excluding carboxylic acids is 2. The van der Waals surface area contributed by atoms with E-state index in [1.165, 1.54) is 6.08 Å². The molecule has 2 aromatic carbocycles. The van der Waals surface area contributed by atoms with Crippen LogP contribution >= 0.6 is 0 Å². The second-order valence-corrected chi connectivity index (χ2v) is 5.52. The van der Waals surface area contributed by atoms with E-state index < -0.39 is 11.6 Å². The number of hydrogen-bond donors (Lipinski definition) is 0. The minimum atomic E-state index is -0.452. The molecule has 0 bridgehead atoms. The molecule has 1 aliphatic rings. The van der Waals surface area contributed by atoms with Crippen molar-refractivity contribution in [3.05, 3.63) is 71.3 Å². The molecular weight excluding hydrogens is 286 g/mol. The topological polar surface area (TPSA) is 37.4 Å². The van der Waals surface area contributed by atoms with Crippen molar-refractivity contribution >= 4 is 22.8 Å². The summed E-state index contributed by atoms with van der Waals surface area (Å²) in [5.41, 5.74) is 4.24. The van der Waals surface area contributed by atoms with Gasteiger partial charge >= 0.3 is 0 Å². The van der Waals surface area contributed by atoms with Crippen molar-refractivity contribution in [3.63, 3.8) is 0 Å². The van der Waals surface area contributed by atoms with Gasteiger partial charge in [0.2, 0.25) is 11.6 Å². The first kappa shape index (κ1) is 15.2. The van der Waals surface area contributed by atoms with Crippen molar-refractivity contribution in [2.24, 2.45) is 0 Å². The number of fused-ring (bicyclic) bond motifs is 1. The van der Waals surface area contributed by atoms with Crippen LogP contribution in [0, 0.1) is 0 Å². The zero-order valence-electron chi connectivity index (χ0n) is 13.4. The Morgan fingerprint density at radius 1 is 0.826 bits per heavy atom. The van der Waals surface area contributed by atoms with Gasteiger partial charge in [-0.15, -0.1) is 0 Å². The van der Waals surface area contributed by atoms with Crippen molar-refractivity contribution in [2.75, 3.05) is 18.0 Å². The lowest BCUT2D eigenvalue weighted by Crippen LogP contribution is -2.21. The number of anilines is 1. The summed E-state index contributed by atoms with van der Waals surface area (Å²) in [6.07, 6.45) is 1.46. The van der Waals surface area contributed by atoms with E-state index in [9.17, 15) is 9.59 Å². The van der Waals surface area contributed by atoms with Crippen LogP contribution in [-0.4, -0.2) is 24.7 Å². The number of rotatable bonds is 4.